The Morgan fingerprint density at radius 2 is 1.90 bits per heavy atom. The summed E-state index contributed by atoms with van der Waals surface area (Å²) < 4.78 is 12.9. The molecule has 5 heteroatoms. The second kappa shape index (κ2) is 7.24. The molecule has 1 aromatic heterocycles. The van der Waals surface area contributed by atoms with E-state index in [1.54, 1.807) is 30.7 Å². The molecule has 3 atom stereocenters. The molecule has 1 heterocycles. The van der Waals surface area contributed by atoms with Crippen molar-refractivity contribution >= 4 is 0 Å². The highest BCUT2D eigenvalue weighted by atomic mass is 19.1. The Labute approximate surface area is 124 Å². The largest absolute Gasteiger partial charge is 0.388 e. The lowest BCUT2D eigenvalue weighted by molar-refractivity contribution is 0.151. The van der Waals surface area contributed by atoms with Crippen LogP contribution in [0.2, 0.25) is 0 Å². The molecule has 2 aromatic rings. The second-order valence-corrected chi connectivity index (χ2v) is 5.22. The number of aliphatic hydroxyl groups excluding tert-OH is 1. The molecular weight excluding hydrogens is 269 g/mol. The van der Waals surface area contributed by atoms with Crippen molar-refractivity contribution in [2.24, 2.45) is 0 Å². The van der Waals surface area contributed by atoms with E-state index in [2.05, 4.69) is 15.3 Å². The molecule has 112 valence electrons. The summed E-state index contributed by atoms with van der Waals surface area (Å²) in [4.78, 5) is 8.29. The van der Waals surface area contributed by atoms with E-state index in [9.17, 15) is 9.50 Å². The molecule has 0 aliphatic carbocycles. The van der Waals surface area contributed by atoms with Gasteiger partial charge in [0, 0.05) is 30.7 Å². The van der Waals surface area contributed by atoms with Gasteiger partial charge in [-0.3, -0.25) is 9.97 Å². The second-order valence-electron chi connectivity index (χ2n) is 5.22. The van der Waals surface area contributed by atoms with E-state index >= 15 is 0 Å². The number of nitrogens with zero attached hydrogens (tertiary/aromatic N) is 2. The van der Waals surface area contributed by atoms with Crippen LogP contribution in [0.3, 0.4) is 0 Å². The number of aliphatic hydroxyl groups is 1. The van der Waals surface area contributed by atoms with E-state index in [-0.39, 0.29) is 17.9 Å². The minimum absolute atomic E-state index is 0.0501. The van der Waals surface area contributed by atoms with Crippen molar-refractivity contribution in [3.05, 3.63) is 59.9 Å². The molecule has 0 amide bonds. The Hall–Kier alpha value is -1.85. The molecule has 2 rings (SSSR count). The predicted octanol–water partition coefficient (Wildman–Crippen LogP) is 2.78. The van der Waals surface area contributed by atoms with Crippen LogP contribution in [0.15, 0.2) is 42.9 Å². The van der Waals surface area contributed by atoms with Crippen LogP contribution in [-0.4, -0.2) is 21.1 Å². The summed E-state index contributed by atoms with van der Waals surface area (Å²) in [5, 5.41) is 13.5. The van der Waals surface area contributed by atoms with Crippen molar-refractivity contribution in [1.82, 2.24) is 15.3 Å². The first-order valence-corrected chi connectivity index (χ1v) is 7.01. The third-order valence-electron chi connectivity index (χ3n) is 3.39. The number of aromatic nitrogens is 2. The third-order valence-corrected chi connectivity index (χ3v) is 3.39. The average Bonchev–Trinajstić information content (AvgIpc) is 2.48. The Morgan fingerprint density at radius 1 is 1.19 bits per heavy atom. The highest BCUT2D eigenvalue weighted by Gasteiger charge is 2.15. The standard InChI is InChI=1S/C16H20FN3O/c1-11(20-12(2)15-10-18-7-8-19-15)9-16(21)13-3-5-14(17)6-4-13/h3-8,10-12,16,20-21H,9H2,1-2H3/t11-,12+,16-/m1/s1. The first kappa shape index (κ1) is 15.5. The van der Waals surface area contributed by atoms with Crippen molar-refractivity contribution in [1.29, 1.82) is 0 Å². The normalized spacial score (nSPS) is 15.4. The maximum absolute atomic E-state index is 12.9. The number of nitrogens with one attached hydrogen (secondary N) is 1. The Kier molecular flexibility index (Phi) is 5.36. The number of rotatable bonds is 6. The molecule has 0 aliphatic rings. The van der Waals surface area contributed by atoms with Gasteiger partial charge in [-0.1, -0.05) is 12.1 Å². The van der Waals surface area contributed by atoms with E-state index in [0.29, 0.717) is 6.42 Å². The van der Waals surface area contributed by atoms with Crippen molar-refractivity contribution in [2.45, 2.75) is 38.5 Å². The summed E-state index contributed by atoms with van der Waals surface area (Å²) in [6, 6.07) is 6.08. The van der Waals surface area contributed by atoms with Gasteiger partial charge in [-0.25, -0.2) is 4.39 Å². The first-order chi connectivity index (χ1) is 10.1. The van der Waals surface area contributed by atoms with Gasteiger partial charge in [0.05, 0.1) is 11.8 Å². The molecule has 0 unspecified atom stereocenters. The molecule has 0 bridgehead atoms. The summed E-state index contributed by atoms with van der Waals surface area (Å²) in [5.41, 5.74) is 1.58. The molecule has 21 heavy (non-hydrogen) atoms. The van der Waals surface area contributed by atoms with Crippen LogP contribution < -0.4 is 5.32 Å². The number of hydrogen-bond acceptors (Lipinski definition) is 4. The lowest BCUT2D eigenvalue weighted by Crippen LogP contribution is -2.31. The fraction of sp³-hybridized carbons (Fsp3) is 0.375. The van der Waals surface area contributed by atoms with E-state index < -0.39 is 6.10 Å². The maximum atomic E-state index is 12.9. The van der Waals surface area contributed by atoms with Crippen molar-refractivity contribution in [2.75, 3.05) is 0 Å². The van der Waals surface area contributed by atoms with Gasteiger partial charge in [-0.15, -0.1) is 0 Å². The molecule has 0 aliphatic heterocycles. The molecule has 0 saturated carbocycles. The molecule has 2 N–H and O–H groups in total. The minimum atomic E-state index is -0.623. The Morgan fingerprint density at radius 3 is 2.52 bits per heavy atom. The minimum Gasteiger partial charge on any atom is -0.388 e. The highest BCUT2D eigenvalue weighted by molar-refractivity contribution is 5.18. The molecule has 0 fully saturated rings. The Bertz CT molecular complexity index is 547. The van der Waals surface area contributed by atoms with Crippen molar-refractivity contribution in [3.8, 4) is 0 Å². The molecule has 4 nitrogen and oxygen atoms in total. The zero-order valence-electron chi connectivity index (χ0n) is 12.2. The van der Waals surface area contributed by atoms with Crippen LogP contribution in [0, 0.1) is 5.82 Å². The van der Waals surface area contributed by atoms with Gasteiger partial charge in [0.15, 0.2) is 0 Å². The number of hydrogen-bond donors (Lipinski definition) is 2. The molecule has 0 spiro atoms. The monoisotopic (exact) mass is 289 g/mol. The maximum Gasteiger partial charge on any atom is 0.123 e. The number of benzene rings is 1. The lowest BCUT2D eigenvalue weighted by atomic mass is 10.0. The van der Waals surface area contributed by atoms with E-state index in [1.807, 2.05) is 13.8 Å². The van der Waals surface area contributed by atoms with E-state index in [0.717, 1.165) is 11.3 Å². The van der Waals surface area contributed by atoms with Gasteiger partial charge in [0.25, 0.3) is 0 Å². The van der Waals surface area contributed by atoms with E-state index in [4.69, 9.17) is 0 Å². The van der Waals surface area contributed by atoms with Crippen LogP contribution in [-0.2, 0) is 0 Å². The number of halogens is 1. The van der Waals surface area contributed by atoms with Gasteiger partial charge >= 0.3 is 0 Å². The first-order valence-electron chi connectivity index (χ1n) is 7.01. The molecule has 0 saturated heterocycles. The topological polar surface area (TPSA) is 58.0 Å². The molecular formula is C16H20FN3O. The summed E-state index contributed by atoms with van der Waals surface area (Å²) in [5.74, 6) is -0.298. The summed E-state index contributed by atoms with van der Waals surface area (Å²) >= 11 is 0. The van der Waals surface area contributed by atoms with Crippen LogP contribution in [0.5, 0.6) is 0 Å². The van der Waals surface area contributed by atoms with Gasteiger partial charge < -0.3 is 10.4 Å². The van der Waals surface area contributed by atoms with Gasteiger partial charge in [-0.2, -0.15) is 0 Å². The fourth-order valence-corrected chi connectivity index (χ4v) is 2.27. The van der Waals surface area contributed by atoms with Gasteiger partial charge in [0.1, 0.15) is 5.82 Å². The zero-order valence-corrected chi connectivity index (χ0v) is 12.2. The summed E-state index contributed by atoms with van der Waals surface area (Å²) in [7, 11) is 0. The lowest BCUT2D eigenvalue weighted by Gasteiger charge is -2.22. The van der Waals surface area contributed by atoms with Crippen LogP contribution in [0.25, 0.3) is 0 Å². The molecule has 0 radical (unpaired) electrons. The SMILES string of the molecule is C[C@H](C[C@@H](O)c1ccc(F)cc1)N[C@@H](C)c1cnccn1. The van der Waals surface area contributed by atoms with Crippen molar-refractivity contribution in [3.63, 3.8) is 0 Å². The average molecular weight is 289 g/mol. The highest BCUT2D eigenvalue weighted by Crippen LogP contribution is 2.20. The van der Waals surface area contributed by atoms with Crippen LogP contribution in [0.4, 0.5) is 4.39 Å². The zero-order chi connectivity index (χ0) is 15.2. The summed E-state index contributed by atoms with van der Waals surface area (Å²) in [6.45, 7) is 4.00. The molecule has 1 aromatic carbocycles. The van der Waals surface area contributed by atoms with Gasteiger partial charge in [0.2, 0.25) is 0 Å². The fourth-order valence-electron chi connectivity index (χ4n) is 2.27. The van der Waals surface area contributed by atoms with Crippen molar-refractivity contribution < 1.29 is 9.50 Å². The Balaban J connectivity index is 1.89. The van der Waals surface area contributed by atoms with Crippen LogP contribution >= 0.6 is 0 Å². The van der Waals surface area contributed by atoms with Crippen LogP contribution in [0.1, 0.15) is 43.7 Å². The smallest absolute Gasteiger partial charge is 0.123 e. The third kappa shape index (κ3) is 4.58. The van der Waals surface area contributed by atoms with Gasteiger partial charge in [-0.05, 0) is 38.0 Å². The quantitative estimate of drug-likeness (QED) is 0.858. The summed E-state index contributed by atoms with van der Waals surface area (Å²) in [6.07, 6.45) is 4.93. The van der Waals surface area contributed by atoms with E-state index in [1.165, 1.54) is 12.1 Å². The predicted molar refractivity (Wildman–Crippen MR) is 79.0 cm³/mol.